The minimum atomic E-state index is -3.97. The first-order valence-electron chi connectivity index (χ1n) is 12.6. The van der Waals surface area contributed by atoms with E-state index in [1.54, 1.807) is 12.1 Å². The van der Waals surface area contributed by atoms with Crippen molar-refractivity contribution < 1.29 is 33.0 Å². The molecule has 2 unspecified atom stereocenters. The van der Waals surface area contributed by atoms with Gasteiger partial charge in [-0.3, -0.25) is 9.59 Å². The molecule has 0 heterocycles. The molecule has 0 radical (unpaired) electrons. The van der Waals surface area contributed by atoms with Crippen molar-refractivity contribution in [3.8, 4) is 5.75 Å². The molecule has 3 atom stereocenters. The van der Waals surface area contributed by atoms with Crippen LogP contribution in [0.15, 0.2) is 59.5 Å². The molecule has 2 aromatic rings. The van der Waals surface area contributed by atoms with Gasteiger partial charge in [0.2, 0.25) is 15.9 Å². The second-order valence-electron chi connectivity index (χ2n) is 10.5. The highest BCUT2D eigenvalue weighted by atomic mass is 32.2. The van der Waals surface area contributed by atoms with E-state index in [1.165, 1.54) is 44.3 Å². The zero-order chi connectivity index (χ0) is 28.7. The Bertz CT molecular complexity index is 1170. The van der Waals surface area contributed by atoms with Crippen LogP contribution in [0.1, 0.15) is 40.2 Å². The number of nitrogens with zero attached hydrogens (tertiary/aromatic N) is 1. The summed E-state index contributed by atoms with van der Waals surface area (Å²) < 4.78 is 33.4. The number of benzene rings is 2. The molecule has 10 heteroatoms. The summed E-state index contributed by atoms with van der Waals surface area (Å²) in [6, 6.07) is 14.3. The van der Waals surface area contributed by atoms with Gasteiger partial charge in [0.1, 0.15) is 5.75 Å². The van der Waals surface area contributed by atoms with Crippen molar-refractivity contribution in [2.75, 3.05) is 20.2 Å². The number of nitrogens with one attached hydrogen (secondary N) is 1. The van der Waals surface area contributed by atoms with Crippen LogP contribution in [0.5, 0.6) is 5.75 Å². The third kappa shape index (κ3) is 8.02. The van der Waals surface area contributed by atoms with Gasteiger partial charge in [0, 0.05) is 13.1 Å². The Balaban J connectivity index is 2.37. The van der Waals surface area contributed by atoms with Crippen LogP contribution >= 0.6 is 0 Å². The number of aliphatic carboxylic acids is 1. The smallest absolute Gasteiger partial charge is 0.309 e. The number of hydrogen-bond acceptors (Lipinski definition) is 6. The van der Waals surface area contributed by atoms with E-state index in [-0.39, 0.29) is 30.3 Å². The second-order valence-corrected chi connectivity index (χ2v) is 12.5. The minimum Gasteiger partial charge on any atom is -0.497 e. The molecule has 0 saturated heterocycles. The molecule has 0 aromatic heterocycles. The van der Waals surface area contributed by atoms with Gasteiger partial charge in [-0.05, 0) is 56.0 Å². The summed E-state index contributed by atoms with van der Waals surface area (Å²) in [5, 5.41) is 23.7. The van der Waals surface area contributed by atoms with Crippen LogP contribution in [0.25, 0.3) is 0 Å². The van der Waals surface area contributed by atoms with Crippen molar-refractivity contribution in [2.45, 2.75) is 58.1 Å². The molecule has 0 saturated carbocycles. The first-order valence-corrected chi connectivity index (χ1v) is 14.0. The van der Waals surface area contributed by atoms with Crippen LogP contribution in [0.2, 0.25) is 0 Å². The molecule has 0 spiro atoms. The Labute approximate surface area is 225 Å². The van der Waals surface area contributed by atoms with Crippen molar-refractivity contribution in [1.29, 1.82) is 0 Å². The zero-order valence-corrected chi connectivity index (χ0v) is 23.7. The number of ether oxygens (including phenoxy) is 1. The Morgan fingerprint density at radius 2 is 1.58 bits per heavy atom. The third-order valence-corrected chi connectivity index (χ3v) is 8.62. The number of aliphatic hydroxyl groups excluding tert-OH is 1. The highest BCUT2D eigenvalue weighted by Crippen LogP contribution is 2.27. The lowest BCUT2D eigenvalue weighted by Crippen LogP contribution is -2.53. The van der Waals surface area contributed by atoms with Gasteiger partial charge in [0.05, 0.1) is 35.5 Å². The highest BCUT2D eigenvalue weighted by molar-refractivity contribution is 7.89. The van der Waals surface area contributed by atoms with E-state index in [0.29, 0.717) is 5.75 Å². The van der Waals surface area contributed by atoms with Crippen molar-refractivity contribution in [3.05, 3.63) is 60.2 Å². The quantitative estimate of drug-likeness (QED) is 0.330. The summed E-state index contributed by atoms with van der Waals surface area (Å²) in [4.78, 5) is 24.9. The van der Waals surface area contributed by atoms with E-state index >= 15 is 0 Å². The van der Waals surface area contributed by atoms with Crippen LogP contribution < -0.4 is 10.1 Å². The molecule has 3 N–H and O–H groups in total. The topological polar surface area (TPSA) is 133 Å². The maximum Gasteiger partial charge on any atom is 0.309 e. The van der Waals surface area contributed by atoms with Gasteiger partial charge in [-0.1, -0.05) is 51.1 Å². The lowest BCUT2D eigenvalue weighted by Gasteiger charge is -2.33. The average molecular weight is 549 g/mol. The van der Waals surface area contributed by atoms with Gasteiger partial charge < -0.3 is 20.3 Å². The molecule has 9 nitrogen and oxygen atoms in total. The van der Waals surface area contributed by atoms with E-state index in [9.17, 15) is 28.2 Å². The number of sulfonamides is 1. The lowest BCUT2D eigenvalue weighted by molar-refractivity contribution is -0.153. The summed E-state index contributed by atoms with van der Waals surface area (Å²) in [5.74, 6) is -2.07. The van der Waals surface area contributed by atoms with Crippen LogP contribution in [-0.2, 0) is 26.0 Å². The molecular weight excluding hydrogens is 508 g/mol. The average Bonchev–Trinajstić information content (AvgIpc) is 2.87. The summed E-state index contributed by atoms with van der Waals surface area (Å²) in [7, 11) is -2.48. The van der Waals surface area contributed by atoms with Crippen LogP contribution in [0.4, 0.5) is 0 Å². The third-order valence-electron chi connectivity index (χ3n) is 6.77. The van der Waals surface area contributed by atoms with Gasteiger partial charge in [0.15, 0.2) is 0 Å². The van der Waals surface area contributed by atoms with Gasteiger partial charge in [-0.15, -0.1) is 0 Å². The summed E-state index contributed by atoms with van der Waals surface area (Å²) in [6.07, 6.45) is -1.04. The summed E-state index contributed by atoms with van der Waals surface area (Å²) >= 11 is 0. The predicted molar refractivity (Wildman–Crippen MR) is 145 cm³/mol. The molecule has 210 valence electrons. The fourth-order valence-corrected chi connectivity index (χ4v) is 5.50. The molecule has 0 aliphatic carbocycles. The van der Waals surface area contributed by atoms with Gasteiger partial charge in [0.25, 0.3) is 0 Å². The first-order chi connectivity index (χ1) is 17.7. The van der Waals surface area contributed by atoms with Gasteiger partial charge in [-0.2, -0.15) is 4.31 Å². The standard InChI is InChI=1S/C28H40N2O7S/c1-19(2)17-30(38(35,36)23-14-12-22(37-6)13-15-23)18-25(31)24(16-21-10-8-7-9-11-21)29-26(32)20(3)28(4,5)27(33)34/h7-15,19-20,24-25,31H,16-18H2,1-6H3,(H,29,32)(H,33,34)/t20?,24-,25?/m0/s1. The fourth-order valence-electron chi connectivity index (χ4n) is 3.88. The molecular formula is C28H40N2O7S. The molecule has 1 amide bonds. The van der Waals surface area contributed by atoms with Crippen molar-refractivity contribution >= 4 is 21.9 Å². The zero-order valence-electron chi connectivity index (χ0n) is 22.9. The molecule has 0 aliphatic rings. The van der Waals surface area contributed by atoms with Crippen LogP contribution in [-0.4, -0.2) is 67.2 Å². The largest absolute Gasteiger partial charge is 0.497 e. The number of rotatable bonds is 14. The minimum absolute atomic E-state index is 0.0335. The molecule has 0 fully saturated rings. The Hall–Kier alpha value is -2.95. The van der Waals surface area contributed by atoms with Crippen molar-refractivity contribution in [1.82, 2.24) is 9.62 Å². The number of amides is 1. The molecule has 38 heavy (non-hydrogen) atoms. The second kappa shape index (κ2) is 13.2. The van der Waals surface area contributed by atoms with Crippen molar-refractivity contribution in [2.24, 2.45) is 17.3 Å². The van der Waals surface area contributed by atoms with E-state index in [1.807, 2.05) is 44.2 Å². The maximum absolute atomic E-state index is 13.5. The lowest BCUT2D eigenvalue weighted by atomic mass is 9.79. The van der Waals surface area contributed by atoms with E-state index in [4.69, 9.17) is 4.74 Å². The summed E-state index contributed by atoms with van der Waals surface area (Å²) in [6.45, 7) is 8.10. The van der Waals surface area contributed by atoms with E-state index in [0.717, 1.165) is 5.56 Å². The normalized spacial score (nSPS) is 14.7. The highest BCUT2D eigenvalue weighted by Gasteiger charge is 2.40. The predicted octanol–water partition coefficient (Wildman–Crippen LogP) is 3.18. The molecule has 0 bridgehead atoms. The Kier molecular flexibility index (Phi) is 10.9. The van der Waals surface area contributed by atoms with Crippen LogP contribution in [0.3, 0.4) is 0 Å². The number of carbonyl (C=O) groups is 2. The SMILES string of the molecule is COc1ccc(S(=O)(=O)N(CC(C)C)CC(O)[C@H](Cc2ccccc2)NC(=O)C(C)C(C)(C)C(=O)O)cc1. The monoisotopic (exact) mass is 548 g/mol. The van der Waals surface area contributed by atoms with E-state index in [2.05, 4.69) is 5.32 Å². The molecule has 2 aromatic carbocycles. The first kappa shape index (κ1) is 31.3. The number of methoxy groups -OCH3 is 1. The summed E-state index contributed by atoms with van der Waals surface area (Å²) in [5.41, 5.74) is -0.510. The molecule has 2 rings (SSSR count). The van der Waals surface area contributed by atoms with Crippen LogP contribution in [0, 0.1) is 17.3 Å². The number of carbonyl (C=O) groups excluding carboxylic acids is 1. The Morgan fingerprint density at radius 1 is 1.00 bits per heavy atom. The maximum atomic E-state index is 13.5. The fraction of sp³-hybridized carbons (Fsp3) is 0.500. The van der Waals surface area contributed by atoms with Crippen molar-refractivity contribution in [3.63, 3.8) is 0 Å². The Morgan fingerprint density at radius 3 is 2.08 bits per heavy atom. The molecule has 0 aliphatic heterocycles. The number of aliphatic hydroxyl groups is 1. The number of carboxylic acids is 1. The number of hydrogen-bond donors (Lipinski definition) is 3. The van der Waals surface area contributed by atoms with Gasteiger partial charge in [-0.25, -0.2) is 8.42 Å². The van der Waals surface area contributed by atoms with E-state index < -0.39 is 45.4 Å². The van der Waals surface area contributed by atoms with Gasteiger partial charge >= 0.3 is 5.97 Å². The number of carboxylic acid groups (broad SMARTS) is 1.